The number of piperidine rings is 1. The molecule has 0 bridgehead atoms. The molecule has 5 nitrogen and oxygen atoms in total. The Morgan fingerprint density at radius 3 is 2.46 bits per heavy atom. The number of para-hydroxylation sites is 1. The van der Waals surface area contributed by atoms with Gasteiger partial charge in [0.1, 0.15) is 5.75 Å². The van der Waals surface area contributed by atoms with Gasteiger partial charge >= 0.3 is 0 Å². The quantitative estimate of drug-likeness (QED) is 0.866. The molecule has 1 spiro atoms. The first-order valence-corrected chi connectivity index (χ1v) is 10.00. The molecule has 1 saturated carbocycles. The Morgan fingerprint density at radius 2 is 1.75 bits per heavy atom. The number of carbonyl (C=O) groups excluding carboxylic acids is 2. The standard InChI is InChI=1S/C23H26N2O3/c1-2-28-19-11-7-6-10-18(19)22(27)25-14-12-23(13-15-25)16-20(23)24-21(26)17-8-4-3-5-9-17/h3-11,20H,2,12-16H2,1H3,(H,24,26). The summed E-state index contributed by atoms with van der Waals surface area (Å²) in [7, 11) is 0. The highest BCUT2D eigenvalue weighted by Crippen LogP contribution is 2.54. The lowest BCUT2D eigenvalue weighted by atomic mass is 9.92. The van der Waals surface area contributed by atoms with Crippen molar-refractivity contribution < 1.29 is 14.3 Å². The maximum atomic E-state index is 12.9. The Labute approximate surface area is 165 Å². The van der Waals surface area contributed by atoms with Gasteiger partial charge in [0.2, 0.25) is 0 Å². The number of hydrogen-bond acceptors (Lipinski definition) is 3. The third kappa shape index (κ3) is 3.61. The van der Waals surface area contributed by atoms with Crippen LogP contribution >= 0.6 is 0 Å². The van der Waals surface area contributed by atoms with Crippen LogP contribution in [0, 0.1) is 5.41 Å². The van der Waals surface area contributed by atoms with Crippen LogP contribution in [-0.2, 0) is 0 Å². The van der Waals surface area contributed by atoms with E-state index in [1.54, 1.807) is 0 Å². The van der Waals surface area contributed by atoms with E-state index in [1.807, 2.05) is 66.4 Å². The number of likely N-dealkylation sites (tertiary alicyclic amines) is 1. The lowest BCUT2D eigenvalue weighted by Gasteiger charge is -2.33. The van der Waals surface area contributed by atoms with Gasteiger partial charge in [-0.25, -0.2) is 0 Å². The van der Waals surface area contributed by atoms with Gasteiger partial charge in [0, 0.05) is 24.7 Å². The maximum Gasteiger partial charge on any atom is 0.257 e. The SMILES string of the molecule is CCOc1ccccc1C(=O)N1CCC2(CC1)CC2NC(=O)c1ccccc1. The van der Waals surface area contributed by atoms with Crippen LogP contribution in [0.2, 0.25) is 0 Å². The normalized spacial score (nSPS) is 19.9. The van der Waals surface area contributed by atoms with Crippen LogP contribution in [0.3, 0.4) is 0 Å². The zero-order chi connectivity index (χ0) is 19.6. The Hall–Kier alpha value is -2.82. The molecule has 1 N–H and O–H groups in total. The predicted octanol–water partition coefficient (Wildman–Crippen LogP) is 3.51. The van der Waals surface area contributed by atoms with Crippen molar-refractivity contribution in [2.24, 2.45) is 5.41 Å². The van der Waals surface area contributed by atoms with E-state index < -0.39 is 0 Å². The highest BCUT2D eigenvalue weighted by molar-refractivity contribution is 5.97. The van der Waals surface area contributed by atoms with Crippen molar-refractivity contribution in [2.45, 2.75) is 32.2 Å². The van der Waals surface area contributed by atoms with E-state index in [0.717, 1.165) is 32.4 Å². The molecule has 5 heteroatoms. The second-order valence-corrected chi connectivity index (χ2v) is 7.68. The molecule has 28 heavy (non-hydrogen) atoms. The smallest absolute Gasteiger partial charge is 0.257 e. The Morgan fingerprint density at radius 1 is 1.07 bits per heavy atom. The number of ether oxygens (including phenoxy) is 1. The van der Waals surface area contributed by atoms with Crippen LogP contribution in [0.4, 0.5) is 0 Å². The molecule has 1 aliphatic carbocycles. The molecule has 146 valence electrons. The van der Waals surface area contributed by atoms with Crippen molar-refractivity contribution in [3.05, 3.63) is 65.7 Å². The Kier molecular flexibility index (Phi) is 5.07. The van der Waals surface area contributed by atoms with Crippen molar-refractivity contribution in [1.29, 1.82) is 0 Å². The van der Waals surface area contributed by atoms with E-state index in [9.17, 15) is 9.59 Å². The summed E-state index contributed by atoms with van der Waals surface area (Å²) in [5, 5.41) is 3.17. The Balaban J connectivity index is 1.34. The summed E-state index contributed by atoms with van der Waals surface area (Å²) in [6.07, 6.45) is 2.85. The van der Waals surface area contributed by atoms with Gasteiger partial charge in [0.15, 0.2) is 0 Å². The number of hydrogen-bond donors (Lipinski definition) is 1. The minimum atomic E-state index is -0.00776. The fourth-order valence-corrected chi connectivity index (χ4v) is 4.19. The summed E-state index contributed by atoms with van der Waals surface area (Å²) < 4.78 is 5.61. The van der Waals surface area contributed by atoms with Gasteiger partial charge in [-0.1, -0.05) is 30.3 Å². The summed E-state index contributed by atoms with van der Waals surface area (Å²) in [4.78, 5) is 27.2. The molecule has 0 radical (unpaired) electrons. The summed E-state index contributed by atoms with van der Waals surface area (Å²) >= 11 is 0. The summed E-state index contributed by atoms with van der Waals surface area (Å²) in [5.41, 5.74) is 1.48. The van der Waals surface area contributed by atoms with Gasteiger partial charge in [-0.05, 0) is 55.9 Å². The van der Waals surface area contributed by atoms with Crippen LogP contribution in [-0.4, -0.2) is 42.5 Å². The van der Waals surface area contributed by atoms with Crippen LogP contribution in [0.1, 0.15) is 46.9 Å². The second kappa shape index (κ2) is 7.66. The van der Waals surface area contributed by atoms with E-state index in [4.69, 9.17) is 4.74 Å². The molecule has 1 atom stereocenters. The third-order valence-corrected chi connectivity index (χ3v) is 5.99. The molecule has 1 unspecified atom stereocenters. The molecule has 2 aromatic rings. The third-order valence-electron chi connectivity index (χ3n) is 5.99. The molecule has 0 aromatic heterocycles. The fraction of sp³-hybridized carbons (Fsp3) is 0.391. The number of benzene rings is 2. The summed E-state index contributed by atoms with van der Waals surface area (Å²) in [6, 6.07) is 17.0. The molecule has 2 aliphatic rings. The number of nitrogens with zero attached hydrogens (tertiary/aromatic N) is 1. The van der Waals surface area contributed by atoms with Gasteiger partial charge in [-0.2, -0.15) is 0 Å². The van der Waals surface area contributed by atoms with Crippen LogP contribution in [0.25, 0.3) is 0 Å². The largest absolute Gasteiger partial charge is 0.493 e. The number of rotatable bonds is 5. The highest BCUT2D eigenvalue weighted by Gasteiger charge is 2.56. The topological polar surface area (TPSA) is 58.6 Å². The highest BCUT2D eigenvalue weighted by atomic mass is 16.5. The molecule has 2 fully saturated rings. The van der Waals surface area contributed by atoms with E-state index >= 15 is 0 Å². The fourth-order valence-electron chi connectivity index (χ4n) is 4.19. The maximum absolute atomic E-state index is 12.9. The van der Waals surface area contributed by atoms with Gasteiger partial charge in [0.05, 0.1) is 12.2 Å². The average Bonchev–Trinajstić information content (AvgIpc) is 3.40. The zero-order valence-electron chi connectivity index (χ0n) is 16.2. The number of carbonyl (C=O) groups is 2. The zero-order valence-corrected chi connectivity index (χ0v) is 16.2. The van der Waals surface area contributed by atoms with E-state index in [-0.39, 0.29) is 23.3 Å². The van der Waals surface area contributed by atoms with E-state index in [2.05, 4.69) is 5.32 Å². The predicted molar refractivity (Wildman–Crippen MR) is 107 cm³/mol. The van der Waals surface area contributed by atoms with Gasteiger partial charge < -0.3 is 15.0 Å². The molecular weight excluding hydrogens is 352 g/mol. The first-order valence-electron chi connectivity index (χ1n) is 10.00. The monoisotopic (exact) mass is 378 g/mol. The van der Waals surface area contributed by atoms with Crippen molar-refractivity contribution >= 4 is 11.8 Å². The molecule has 4 rings (SSSR count). The minimum Gasteiger partial charge on any atom is -0.493 e. The minimum absolute atomic E-state index is 0.00776. The lowest BCUT2D eigenvalue weighted by Crippen LogP contribution is -2.41. The summed E-state index contributed by atoms with van der Waals surface area (Å²) in [6.45, 7) is 3.90. The lowest BCUT2D eigenvalue weighted by molar-refractivity contribution is 0.0664. The summed E-state index contributed by atoms with van der Waals surface area (Å²) in [5.74, 6) is 0.672. The molecule has 1 saturated heterocycles. The van der Waals surface area contributed by atoms with Gasteiger partial charge in [0.25, 0.3) is 11.8 Å². The Bertz CT molecular complexity index is 857. The van der Waals surface area contributed by atoms with Crippen molar-refractivity contribution in [2.75, 3.05) is 19.7 Å². The van der Waals surface area contributed by atoms with E-state index in [0.29, 0.717) is 23.5 Å². The molecule has 2 amide bonds. The number of amides is 2. The van der Waals surface area contributed by atoms with Crippen LogP contribution in [0.15, 0.2) is 54.6 Å². The molecular formula is C23H26N2O3. The van der Waals surface area contributed by atoms with Gasteiger partial charge in [-0.3, -0.25) is 9.59 Å². The molecule has 1 heterocycles. The average molecular weight is 378 g/mol. The van der Waals surface area contributed by atoms with E-state index in [1.165, 1.54) is 0 Å². The van der Waals surface area contributed by atoms with Crippen molar-refractivity contribution in [3.8, 4) is 5.75 Å². The van der Waals surface area contributed by atoms with Crippen LogP contribution in [0.5, 0.6) is 5.75 Å². The first-order chi connectivity index (χ1) is 13.6. The van der Waals surface area contributed by atoms with Crippen molar-refractivity contribution in [3.63, 3.8) is 0 Å². The molecule has 2 aromatic carbocycles. The van der Waals surface area contributed by atoms with Gasteiger partial charge in [-0.15, -0.1) is 0 Å². The molecule has 1 aliphatic heterocycles. The second-order valence-electron chi connectivity index (χ2n) is 7.68. The number of nitrogens with one attached hydrogen (secondary N) is 1. The van der Waals surface area contributed by atoms with Crippen LogP contribution < -0.4 is 10.1 Å². The van der Waals surface area contributed by atoms with Crippen molar-refractivity contribution in [1.82, 2.24) is 10.2 Å². The first kappa shape index (κ1) is 18.5.